The second-order valence-electron chi connectivity index (χ2n) is 18.4. The van der Waals surface area contributed by atoms with Crippen molar-refractivity contribution in [3.05, 3.63) is 36.5 Å². The standard InChI is InChI=1S/C55H106NO7P/c1-3-5-7-9-11-13-15-17-19-21-23-25-27-28-30-32-34-36-38-40-42-44-46-48-55(57)63-54(53-62-64(58,59)61-51-49-56)52-60-50-47-45-43-41-39-37-35-33-31-29-26-24-22-20-18-16-14-12-10-8-6-4-2/h16,18,21-24,54H,3-15,17,19-20,25-53,56H2,1-2H3,(H,58,59)/b18-16-,23-21-,24-22-. The molecule has 0 aromatic carbocycles. The normalized spacial score (nSPS) is 13.5. The van der Waals surface area contributed by atoms with E-state index in [1.54, 1.807) is 0 Å². The molecule has 0 rings (SSSR count). The zero-order valence-electron chi connectivity index (χ0n) is 42.3. The molecule has 0 spiro atoms. The van der Waals surface area contributed by atoms with Crippen molar-refractivity contribution in [1.29, 1.82) is 0 Å². The van der Waals surface area contributed by atoms with Crippen molar-refractivity contribution in [2.75, 3.05) is 33.0 Å². The lowest BCUT2D eigenvalue weighted by atomic mass is 10.0. The maximum atomic E-state index is 12.7. The van der Waals surface area contributed by atoms with E-state index in [2.05, 4.69) is 50.3 Å². The highest BCUT2D eigenvalue weighted by atomic mass is 31.2. The summed E-state index contributed by atoms with van der Waals surface area (Å²) in [4.78, 5) is 22.6. The highest BCUT2D eigenvalue weighted by Gasteiger charge is 2.25. The number of nitrogens with two attached hydrogens (primary N) is 1. The molecule has 2 unspecified atom stereocenters. The average Bonchev–Trinajstić information content (AvgIpc) is 3.29. The number of phosphoric ester groups is 1. The first-order valence-electron chi connectivity index (χ1n) is 27.5. The topological polar surface area (TPSA) is 117 Å². The van der Waals surface area contributed by atoms with Gasteiger partial charge in [-0.25, -0.2) is 4.57 Å². The van der Waals surface area contributed by atoms with Crippen LogP contribution in [-0.4, -0.2) is 49.9 Å². The zero-order valence-corrected chi connectivity index (χ0v) is 43.2. The number of allylic oxidation sites excluding steroid dienone is 6. The van der Waals surface area contributed by atoms with Crippen LogP contribution in [0.5, 0.6) is 0 Å². The quantitative estimate of drug-likeness (QED) is 0.0268. The summed E-state index contributed by atoms with van der Waals surface area (Å²) in [5.74, 6) is -0.328. The van der Waals surface area contributed by atoms with Crippen LogP contribution in [0.15, 0.2) is 36.5 Å². The van der Waals surface area contributed by atoms with E-state index in [1.165, 1.54) is 212 Å². The Labute approximate surface area is 397 Å². The molecule has 2 atom stereocenters. The van der Waals surface area contributed by atoms with Crippen LogP contribution < -0.4 is 5.73 Å². The second kappa shape index (κ2) is 52.7. The molecule has 0 fully saturated rings. The Kier molecular flexibility index (Phi) is 51.6. The summed E-state index contributed by atoms with van der Waals surface area (Å²) >= 11 is 0. The lowest BCUT2D eigenvalue weighted by Crippen LogP contribution is -2.28. The van der Waals surface area contributed by atoms with Gasteiger partial charge in [-0.05, 0) is 70.6 Å². The Bertz CT molecular complexity index is 1080. The van der Waals surface area contributed by atoms with Crippen molar-refractivity contribution < 1.29 is 32.8 Å². The first-order chi connectivity index (χ1) is 31.4. The predicted octanol–water partition coefficient (Wildman–Crippen LogP) is 17.3. The van der Waals surface area contributed by atoms with Gasteiger partial charge >= 0.3 is 13.8 Å². The second-order valence-corrected chi connectivity index (χ2v) is 19.9. The Morgan fingerprint density at radius 2 is 0.828 bits per heavy atom. The number of esters is 1. The average molecular weight is 924 g/mol. The smallest absolute Gasteiger partial charge is 0.457 e. The van der Waals surface area contributed by atoms with Gasteiger partial charge in [0.25, 0.3) is 0 Å². The Morgan fingerprint density at radius 1 is 0.469 bits per heavy atom. The first-order valence-corrected chi connectivity index (χ1v) is 29.0. The minimum atomic E-state index is -4.28. The number of carbonyl (C=O) groups excluding carboxylic acids is 1. The summed E-state index contributed by atoms with van der Waals surface area (Å²) in [6.45, 7) is 4.95. The number of phosphoric acid groups is 1. The van der Waals surface area contributed by atoms with Gasteiger partial charge in [0.15, 0.2) is 0 Å². The maximum Gasteiger partial charge on any atom is 0.472 e. The number of unbranched alkanes of at least 4 members (excludes halogenated alkanes) is 34. The number of hydrogen-bond acceptors (Lipinski definition) is 7. The zero-order chi connectivity index (χ0) is 46.5. The van der Waals surface area contributed by atoms with Crippen LogP contribution in [0.25, 0.3) is 0 Å². The molecule has 0 aromatic rings. The summed E-state index contributed by atoms with van der Waals surface area (Å²) in [5.41, 5.74) is 5.40. The van der Waals surface area contributed by atoms with Gasteiger partial charge in [0, 0.05) is 19.6 Å². The lowest BCUT2D eigenvalue weighted by molar-refractivity contribution is -0.154. The number of hydrogen-bond donors (Lipinski definition) is 2. The highest BCUT2D eigenvalue weighted by Crippen LogP contribution is 2.43. The summed E-state index contributed by atoms with van der Waals surface area (Å²) in [6.07, 6.45) is 63.3. The van der Waals surface area contributed by atoms with Crippen molar-refractivity contribution in [2.24, 2.45) is 5.73 Å². The summed E-state index contributed by atoms with van der Waals surface area (Å²) in [6, 6.07) is 0. The van der Waals surface area contributed by atoms with Gasteiger partial charge in [0.2, 0.25) is 0 Å². The van der Waals surface area contributed by atoms with E-state index in [4.69, 9.17) is 24.3 Å². The van der Waals surface area contributed by atoms with Crippen LogP contribution in [0.3, 0.4) is 0 Å². The third kappa shape index (κ3) is 51.7. The fourth-order valence-corrected chi connectivity index (χ4v) is 8.73. The van der Waals surface area contributed by atoms with Crippen LogP contribution in [0.1, 0.15) is 271 Å². The van der Waals surface area contributed by atoms with Gasteiger partial charge in [-0.3, -0.25) is 13.8 Å². The molecule has 0 aliphatic rings. The van der Waals surface area contributed by atoms with Crippen LogP contribution in [-0.2, 0) is 27.9 Å². The molecule has 3 N–H and O–H groups in total. The third-order valence-electron chi connectivity index (χ3n) is 12.0. The van der Waals surface area contributed by atoms with Crippen molar-refractivity contribution in [3.63, 3.8) is 0 Å². The van der Waals surface area contributed by atoms with Gasteiger partial charge in [-0.2, -0.15) is 0 Å². The largest absolute Gasteiger partial charge is 0.472 e. The molecule has 0 aliphatic heterocycles. The molecular weight excluding hydrogens is 818 g/mol. The van der Waals surface area contributed by atoms with Gasteiger partial charge in [-0.15, -0.1) is 0 Å². The molecule has 64 heavy (non-hydrogen) atoms. The van der Waals surface area contributed by atoms with Crippen LogP contribution in [0.4, 0.5) is 0 Å². The maximum absolute atomic E-state index is 12.7. The van der Waals surface area contributed by atoms with E-state index < -0.39 is 13.9 Å². The van der Waals surface area contributed by atoms with E-state index in [1.807, 2.05) is 0 Å². The summed E-state index contributed by atoms with van der Waals surface area (Å²) < 4.78 is 33.7. The summed E-state index contributed by atoms with van der Waals surface area (Å²) in [7, 11) is -4.28. The van der Waals surface area contributed by atoms with E-state index in [-0.39, 0.29) is 32.3 Å². The molecule has 0 aliphatic carbocycles. The predicted molar refractivity (Wildman–Crippen MR) is 275 cm³/mol. The van der Waals surface area contributed by atoms with Gasteiger partial charge in [0.1, 0.15) is 6.10 Å². The molecular formula is C55H106NO7P. The number of carbonyl (C=O) groups is 1. The van der Waals surface area contributed by atoms with E-state index in [0.29, 0.717) is 13.0 Å². The van der Waals surface area contributed by atoms with Crippen molar-refractivity contribution in [1.82, 2.24) is 0 Å². The fraction of sp³-hybridized carbons (Fsp3) is 0.873. The Balaban J connectivity index is 3.90. The lowest BCUT2D eigenvalue weighted by Gasteiger charge is -2.20. The Morgan fingerprint density at radius 3 is 1.23 bits per heavy atom. The molecule has 8 nitrogen and oxygen atoms in total. The van der Waals surface area contributed by atoms with Crippen molar-refractivity contribution in [3.8, 4) is 0 Å². The van der Waals surface area contributed by atoms with Crippen LogP contribution in [0.2, 0.25) is 0 Å². The highest BCUT2D eigenvalue weighted by molar-refractivity contribution is 7.47. The van der Waals surface area contributed by atoms with Gasteiger partial charge in [0.05, 0.1) is 19.8 Å². The first kappa shape index (κ1) is 62.7. The minimum absolute atomic E-state index is 0.0953. The van der Waals surface area contributed by atoms with Gasteiger partial charge < -0.3 is 20.1 Å². The molecule has 0 aromatic heterocycles. The van der Waals surface area contributed by atoms with Crippen molar-refractivity contribution in [2.45, 2.75) is 277 Å². The van der Waals surface area contributed by atoms with Gasteiger partial charge in [-0.1, -0.05) is 230 Å². The van der Waals surface area contributed by atoms with Crippen molar-refractivity contribution >= 4 is 13.8 Å². The number of rotatable bonds is 53. The fourth-order valence-electron chi connectivity index (χ4n) is 7.97. The molecule has 378 valence electrons. The SMILES string of the molecule is CCCCCCC/C=C\C/C=C\CCCCCCCCCCCCOCC(COP(=O)(O)OCCN)OC(=O)CCCCCCCCCCCCC/C=C\CCCCCCCCCC. The molecule has 0 saturated carbocycles. The molecule has 0 amide bonds. The number of ether oxygens (including phenoxy) is 2. The van der Waals surface area contributed by atoms with Crippen LogP contribution >= 0.6 is 7.82 Å². The van der Waals surface area contributed by atoms with E-state index >= 15 is 0 Å². The van der Waals surface area contributed by atoms with Crippen LogP contribution in [0, 0.1) is 0 Å². The molecule has 9 heteroatoms. The molecule has 0 saturated heterocycles. The molecule has 0 radical (unpaired) electrons. The van der Waals surface area contributed by atoms with E-state index in [0.717, 1.165) is 38.5 Å². The third-order valence-corrected chi connectivity index (χ3v) is 13.0. The van der Waals surface area contributed by atoms with E-state index in [9.17, 15) is 14.3 Å². The summed E-state index contributed by atoms with van der Waals surface area (Å²) in [5, 5.41) is 0. The Hall–Kier alpha value is -1.28. The minimum Gasteiger partial charge on any atom is -0.457 e. The molecule has 0 bridgehead atoms. The monoisotopic (exact) mass is 924 g/mol. The molecule has 0 heterocycles.